The number of piperidine rings is 1. The summed E-state index contributed by atoms with van der Waals surface area (Å²) in [6, 6.07) is 1.53. The summed E-state index contributed by atoms with van der Waals surface area (Å²) in [7, 11) is 0. The van der Waals surface area contributed by atoms with E-state index in [9.17, 15) is 18.0 Å². The number of hydrogen-bond acceptors (Lipinski definition) is 2. The highest BCUT2D eigenvalue weighted by Crippen LogP contribution is 2.37. The van der Waals surface area contributed by atoms with Crippen LogP contribution in [0.3, 0.4) is 0 Å². The number of nitrogens with one attached hydrogen (secondary N) is 1. The topological polar surface area (TPSA) is 32.3 Å². The van der Waals surface area contributed by atoms with Gasteiger partial charge in [-0.1, -0.05) is 0 Å². The monoisotopic (exact) mass is 298 g/mol. The number of nitrogens with zero attached hydrogens (tertiary/aromatic N) is 1. The molecule has 2 aliphatic rings. The molecule has 0 radical (unpaired) electrons. The van der Waals surface area contributed by atoms with E-state index in [2.05, 4.69) is 5.32 Å². The minimum Gasteiger partial charge on any atom is -0.339 e. The minimum absolute atomic E-state index is 0.133. The predicted octanol–water partition coefficient (Wildman–Crippen LogP) is 2.32. The summed E-state index contributed by atoms with van der Waals surface area (Å²) in [5, 5.41) is 3.34. The van der Waals surface area contributed by atoms with Crippen LogP contribution in [0.5, 0.6) is 0 Å². The van der Waals surface area contributed by atoms with E-state index in [0.717, 1.165) is 44.5 Å². The van der Waals surface area contributed by atoms with Gasteiger partial charge in [0.25, 0.3) is 5.91 Å². The molecule has 6 heteroatoms. The number of benzene rings is 1. The summed E-state index contributed by atoms with van der Waals surface area (Å²) in [5.74, 6) is -4.63. The summed E-state index contributed by atoms with van der Waals surface area (Å²) in [6.07, 6.45) is 2.88. The molecule has 1 amide bonds. The Labute approximate surface area is 121 Å². The number of rotatable bonds is 1. The van der Waals surface area contributed by atoms with E-state index < -0.39 is 23.4 Å². The smallest absolute Gasteiger partial charge is 0.254 e. The van der Waals surface area contributed by atoms with Crippen LogP contribution in [-0.2, 0) is 0 Å². The van der Waals surface area contributed by atoms with Gasteiger partial charge in [0, 0.05) is 25.2 Å². The van der Waals surface area contributed by atoms with Crippen molar-refractivity contribution in [3.8, 4) is 0 Å². The predicted molar refractivity (Wildman–Crippen MR) is 71.4 cm³/mol. The molecule has 0 aliphatic carbocycles. The number of likely N-dealkylation sites (tertiary alicyclic amines) is 1. The fourth-order valence-electron chi connectivity index (χ4n) is 3.27. The molecule has 0 unspecified atom stereocenters. The lowest BCUT2D eigenvalue weighted by Gasteiger charge is -2.38. The normalized spacial score (nSPS) is 21.0. The SMILES string of the molecule is O=C(c1cc(F)c(F)c(F)c1)N1CCC2(CCNC2)CC1. The maximum atomic E-state index is 13.2. The third-order valence-electron chi connectivity index (χ3n) is 4.67. The van der Waals surface area contributed by atoms with Crippen LogP contribution in [0.2, 0.25) is 0 Å². The molecule has 1 aromatic carbocycles. The molecule has 0 bridgehead atoms. The Morgan fingerprint density at radius 1 is 1.10 bits per heavy atom. The lowest BCUT2D eigenvalue weighted by Crippen LogP contribution is -2.44. The van der Waals surface area contributed by atoms with Crippen molar-refractivity contribution in [2.24, 2.45) is 5.41 Å². The Morgan fingerprint density at radius 3 is 2.24 bits per heavy atom. The molecule has 2 heterocycles. The summed E-state index contributed by atoms with van der Waals surface area (Å²) >= 11 is 0. The Morgan fingerprint density at radius 2 is 1.71 bits per heavy atom. The fraction of sp³-hybridized carbons (Fsp3) is 0.533. The second kappa shape index (κ2) is 5.33. The van der Waals surface area contributed by atoms with E-state index in [1.807, 2.05) is 0 Å². The van der Waals surface area contributed by atoms with Gasteiger partial charge in [-0.15, -0.1) is 0 Å². The highest BCUT2D eigenvalue weighted by atomic mass is 19.2. The van der Waals surface area contributed by atoms with Gasteiger partial charge in [-0.25, -0.2) is 13.2 Å². The lowest BCUT2D eigenvalue weighted by atomic mass is 9.78. The van der Waals surface area contributed by atoms with Crippen LogP contribution < -0.4 is 5.32 Å². The fourth-order valence-corrected chi connectivity index (χ4v) is 3.27. The Bertz CT molecular complexity index is 537. The van der Waals surface area contributed by atoms with Crippen molar-refractivity contribution in [1.29, 1.82) is 0 Å². The summed E-state index contributed by atoms with van der Waals surface area (Å²) < 4.78 is 39.4. The standard InChI is InChI=1S/C15H17F3N2O/c16-11-7-10(8-12(17)13(11)18)14(21)20-5-2-15(3-6-20)1-4-19-9-15/h7-8,19H,1-6,9H2. The van der Waals surface area contributed by atoms with Crippen molar-refractivity contribution in [1.82, 2.24) is 10.2 Å². The average Bonchev–Trinajstić information content (AvgIpc) is 2.92. The maximum Gasteiger partial charge on any atom is 0.254 e. The zero-order chi connectivity index (χ0) is 15.0. The van der Waals surface area contributed by atoms with Gasteiger partial charge in [0.05, 0.1) is 0 Å². The number of carbonyl (C=O) groups is 1. The highest BCUT2D eigenvalue weighted by Gasteiger charge is 2.38. The van der Waals surface area contributed by atoms with Crippen molar-refractivity contribution in [3.05, 3.63) is 35.1 Å². The molecular weight excluding hydrogens is 281 g/mol. The molecule has 21 heavy (non-hydrogen) atoms. The van der Waals surface area contributed by atoms with Crippen LogP contribution in [0.25, 0.3) is 0 Å². The van der Waals surface area contributed by atoms with Gasteiger partial charge in [-0.05, 0) is 43.4 Å². The molecule has 114 valence electrons. The third kappa shape index (κ3) is 2.64. The third-order valence-corrected chi connectivity index (χ3v) is 4.67. The van der Waals surface area contributed by atoms with Gasteiger partial charge >= 0.3 is 0 Å². The lowest BCUT2D eigenvalue weighted by molar-refractivity contribution is 0.0606. The van der Waals surface area contributed by atoms with E-state index in [1.165, 1.54) is 0 Å². The summed E-state index contributed by atoms with van der Waals surface area (Å²) in [5.41, 5.74) is 0.127. The molecule has 2 aliphatic heterocycles. The molecule has 0 atom stereocenters. The van der Waals surface area contributed by atoms with Crippen LogP contribution in [-0.4, -0.2) is 37.0 Å². The molecule has 3 nitrogen and oxygen atoms in total. The van der Waals surface area contributed by atoms with Crippen molar-refractivity contribution in [2.45, 2.75) is 19.3 Å². The quantitative estimate of drug-likeness (QED) is 0.807. The van der Waals surface area contributed by atoms with Gasteiger partial charge in [0.2, 0.25) is 0 Å². The highest BCUT2D eigenvalue weighted by molar-refractivity contribution is 5.94. The first-order valence-electron chi connectivity index (χ1n) is 7.15. The maximum absolute atomic E-state index is 13.2. The molecular formula is C15H17F3N2O. The van der Waals surface area contributed by atoms with Crippen molar-refractivity contribution >= 4 is 5.91 Å². The van der Waals surface area contributed by atoms with Crippen LogP contribution >= 0.6 is 0 Å². The number of hydrogen-bond donors (Lipinski definition) is 1. The molecule has 2 fully saturated rings. The largest absolute Gasteiger partial charge is 0.339 e. The second-order valence-corrected chi connectivity index (χ2v) is 5.97. The second-order valence-electron chi connectivity index (χ2n) is 5.97. The van der Waals surface area contributed by atoms with Crippen LogP contribution in [0.1, 0.15) is 29.6 Å². The first-order chi connectivity index (χ1) is 10.0. The Balaban J connectivity index is 1.72. The number of carbonyl (C=O) groups excluding carboxylic acids is 1. The van der Waals surface area contributed by atoms with Crippen LogP contribution in [0.4, 0.5) is 13.2 Å². The van der Waals surface area contributed by atoms with Gasteiger partial charge in [-0.2, -0.15) is 0 Å². The van der Waals surface area contributed by atoms with E-state index in [0.29, 0.717) is 13.1 Å². The zero-order valence-corrected chi connectivity index (χ0v) is 11.6. The van der Waals surface area contributed by atoms with Gasteiger partial charge in [-0.3, -0.25) is 4.79 Å². The van der Waals surface area contributed by atoms with Gasteiger partial charge in [0.1, 0.15) is 0 Å². The number of halogens is 3. The van der Waals surface area contributed by atoms with Crippen molar-refractivity contribution in [2.75, 3.05) is 26.2 Å². The van der Waals surface area contributed by atoms with E-state index in [-0.39, 0.29) is 11.0 Å². The minimum atomic E-state index is -1.54. The van der Waals surface area contributed by atoms with Gasteiger partial charge in [0.15, 0.2) is 17.5 Å². The van der Waals surface area contributed by atoms with E-state index >= 15 is 0 Å². The zero-order valence-electron chi connectivity index (χ0n) is 11.6. The summed E-state index contributed by atoms with van der Waals surface area (Å²) in [4.78, 5) is 13.9. The van der Waals surface area contributed by atoms with Gasteiger partial charge < -0.3 is 10.2 Å². The average molecular weight is 298 g/mol. The number of amides is 1. The van der Waals surface area contributed by atoms with Crippen LogP contribution in [0.15, 0.2) is 12.1 Å². The Hall–Kier alpha value is -1.56. The molecule has 1 spiro atoms. The van der Waals surface area contributed by atoms with Crippen molar-refractivity contribution in [3.63, 3.8) is 0 Å². The first kappa shape index (κ1) is 14.4. The molecule has 0 aromatic heterocycles. The summed E-state index contributed by atoms with van der Waals surface area (Å²) in [6.45, 7) is 3.11. The van der Waals surface area contributed by atoms with Crippen LogP contribution in [0, 0.1) is 22.9 Å². The molecule has 2 saturated heterocycles. The van der Waals surface area contributed by atoms with Crippen molar-refractivity contribution < 1.29 is 18.0 Å². The molecule has 1 aromatic rings. The van der Waals surface area contributed by atoms with E-state index in [4.69, 9.17) is 0 Å². The Kier molecular flexibility index (Phi) is 3.65. The first-order valence-corrected chi connectivity index (χ1v) is 7.15. The molecule has 3 rings (SSSR count). The molecule has 0 saturated carbocycles. The molecule has 1 N–H and O–H groups in total. The van der Waals surface area contributed by atoms with E-state index in [1.54, 1.807) is 4.90 Å².